The summed E-state index contributed by atoms with van der Waals surface area (Å²) in [6.07, 6.45) is 9.35. The van der Waals surface area contributed by atoms with Gasteiger partial charge in [0.05, 0.1) is 18.5 Å². The van der Waals surface area contributed by atoms with Crippen LogP contribution in [0.3, 0.4) is 0 Å². The van der Waals surface area contributed by atoms with Crippen LogP contribution < -0.4 is 34.0 Å². The molecular weight excluding hydrogens is 651 g/mol. The van der Waals surface area contributed by atoms with E-state index in [1.165, 1.54) is 24.0 Å². The fourth-order valence-electron chi connectivity index (χ4n) is 5.59. The maximum absolute atomic E-state index is 6.49. The molecule has 2 aromatic carbocycles. The molecule has 4 nitrogen and oxygen atoms in total. The van der Waals surface area contributed by atoms with Crippen LogP contribution in [-0.2, 0) is 42.7 Å². The molecule has 0 aromatic heterocycles. The Morgan fingerprint density at radius 2 is 1.03 bits per heavy atom. The summed E-state index contributed by atoms with van der Waals surface area (Å²) < 4.78 is 13.0. The molecule has 2 aromatic rings. The standard InChI is InChI=1S/C27H30N2O2.2BrH.Pd/c1-3-9-20(10-4-1)17-22-26(13-7-14-26)30-24(28-22)19-25-29-23(27(31-25)15-8-16-27)18-21-11-5-2-6-12-21;;;/h1-6,9-12,22-23H,7-8,13-19H2;2*1H;/q;;;+2/p-2/t22-,23-;;;/m1.../s1. The van der Waals surface area contributed by atoms with E-state index in [9.17, 15) is 0 Å². The third-order valence-corrected chi connectivity index (χ3v) is 7.70. The summed E-state index contributed by atoms with van der Waals surface area (Å²) in [5.41, 5.74) is 2.47. The zero-order chi connectivity index (χ0) is 20.7. The third kappa shape index (κ3) is 5.24. The average molecular weight is 681 g/mol. The first kappa shape index (κ1) is 27.6. The van der Waals surface area contributed by atoms with Crippen molar-refractivity contribution in [1.82, 2.24) is 0 Å². The quantitative estimate of drug-likeness (QED) is 0.380. The van der Waals surface area contributed by atoms with Crippen LogP contribution in [0.15, 0.2) is 70.6 Å². The van der Waals surface area contributed by atoms with Crippen LogP contribution in [0.4, 0.5) is 0 Å². The van der Waals surface area contributed by atoms with Crippen LogP contribution in [0.2, 0.25) is 0 Å². The molecule has 2 aliphatic heterocycles. The van der Waals surface area contributed by atoms with Gasteiger partial charge in [0.25, 0.3) is 0 Å². The topological polar surface area (TPSA) is 43.2 Å². The van der Waals surface area contributed by atoms with Crippen molar-refractivity contribution >= 4 is 11.8 Å². The zero-order valence-electron chi connectivity index (χ0n) is 19.1. The van der Waals surface area contributed by atoms with E-state index in [2.05, 4.69) is 60.7 Å². The van der Waals surface area contributed by atoms with Crippen molar-refractivity contribution < 1.29 is 63.9 Å². The van der Waals surface area contributed by atoms with Crippen LogP contribution in [-0.4, -0.2) is 35.1 Å². The Morgan fingerprint density at radius 3 is 1.35 bits per heavy atom. The number of ether oxygens (including phenoxy) is 2. The van der Waals surface area contributed by atoms with Crippen molar-refractivity contribution in [3.63, 3.8) is 0 Å². The van der Waals surface area contributed by atoms with Crippen molar-refractivity contribution in [2.24, 2.45) is 9.98 Å². The number of aliphatic imine (C=N–C) groups is 2. The Labute approximate surface area is 237 Å². The molecule has 2 aliphatic carbocycles. The molecule has 0 bridgehead atoms. The number of rotatable bonds is 6. The maximum Gasteiger partial charge on any atom is 2.00 e. The number of hydrogen-bond acceptors (Lipinski definition) is 4. The summed E-state index contributed by atoms with van der Waals surface area (Å²) in [4.78, 5) is 10.1. The molecule has 0 amide bonds. The molecule has 2 heterocycles. The normalized spacial score (nSPS) is 24.7. The Kier molecular flexibility index (Phi) is 9.23. The Hall–Kier alpha value is -0.998. The van der Waals surface area contributed by atoms with Gasteiger partial charge in [0.1, 0.15) is 11.2 Å². The van der Waals surface area contributed by atoms with Crippen molar-refractivity contribution in [1.29, 1.82) is 0 Å². The molecular formula is C27H30Br2N2O2Pd. The van der Waals surface area contributed by atoms with Gasteiger partial charge in [-0.05, 0) is 62.5 Å². The molecule has 184 valence electrons. The summed E-state index contributed by atoms with van der Waals surface area (Å²) in [6.45, 7) is 0. The second-order valence-electron chi connectivity index (χ2n) is 9.67. The molecule has 0 N–H and O–H groups in total. The molecule has 0 radical (unpaired) electrons. The van der Waals surface area contributed by atoms with Gasteiger partial charge in [0.15, 0.2) is 11.8 Å². The predicted molar refractivity (Wildman–Crippen MR) is 123 cm³/mol. The fraction of sp³-hybridized carbons (Fsp3) is 0.481. The van der Waals surface area contributed by atoms with E-state index >= 15 is 0 Å². The van der Waals surface area contributed by atoms with Gasteiger partial charge in [-0.15, -0.1) is 0 Å². The van der Waals surface area contributed by atoms with Gasteiger partial charge in [-0.3, -0.25) is 0 Å². The smallest absolute Gasteiger partial charge is 1.00 e. The molecule has 2 fully saturated rings. The number of hydrogen-bond donors (Lipinski definition) is 0. The SMILES string of the molecule is [Br-].[Br-].[Pd+2].c1ccc(C[C@H]2N=C(CC3=N[C@H](Cc4ccccc4)C4(CCC4)O3)OC23CCC3)cc1. The van der Waals surface area contributed by atoms with E-state index in [0.29, 0.717) is 6.42 Å². The van der Waals surface area contributed by atoms with E-state index in [4.69, 9.17) is 19.5 Å². The molecule has 2 saturated carbocycles. The largest absolute Gasteiger partial charge is 2.00 e. The van der Waals surface area contributed by atoms with Gasteiger partial charge in [-0.1, -0.05) is 60.7 Å². The molecule has 2 spiro atoms. The zero-order valence-corrected chi connectivity index (χ0v) is 23.8. The van der Waals surface area contributed by atoms with Gasteiger partial charge in [0.2, 0.25) is 0 Å². The minimum Gasteiger partial charge on any atom is -1.00 e. The Bertz CT molecular complexity index is 926. The van der Waals surface area contributed by atoms with Gasteiger partial charge in [-0.25, -0.2) is 9.98 Å². The van der Waals surface area contributed by atoms with Crippen LogP contribution in [0.1, 0.15) is 56.1 Å². The van der Waals surface area contributed by atoms with Crippen LogP contribution in [0.5, 0.6) is 0 Å². The average Bonchev–Trinajstić information content (AvgIpc) is 3.28. The molecule has 0 unspecified atom stereocenters. The first-order valence-electron chi connectivity index (χ1n) is 11.8. The van der Waals surface area contributed by atoms with E-state index in [0.717, 1.165) is 50.3 Å². The first-order valence-corrected chi connectivity index (χ1v) is 11.8. The maximum atomic E-state index is 6.49. The molecule has 2 atom stereocenters. The summed E-state index contributed by atoms with van der Waals surface area (Å²) >= 11 is 0. The molecule has 0 saturated heterocycles. The van der Waals surface area contributed by atoms with Crippen LogP contribution in [0.25, 0.3) is 0 Å². The fourth-order valence-corrected chi connectivity index (χ4v) is 5.59. The van der Waals surface area contributed by atoms with Gasteiger partial charge < -0.3 is 43.4 Å². The monoisotopic (exact) mass is 678 g/mol. The van der Waals surface area contributed by atoms with E-state index in [1.54, 1.807) is 0 Å². The second kappa shape index (κ2) is 11.4. The van der Waals surface area contributed by atoms with Gasteiger partial charge in [-0.2, -0.15) is 0 Å². The van der Waals surface area contributed by atoms with Crippen LogP contribution >= 0.6 is 0 Å². The van der Waals surface area contributed by atoms with E-state index in [1.807, 2.05) is 0 Å². The van der Waals surface area contributed by atoms with Gasteiger partial charge in [0, 0.05) is 0 Å². The Balaban J connectivity index is 0.00000108. The molecule has 7 heteroatoms. The van der Waals surface area contributed by atoms with Crippen molar-refractivity contribution in [2.75, 3.05) is 0 Å². The minimum atomic E-state index is -0.0953. The first-order chi connectivity index (χ1) is 15.2. The summed E-state index contributed by atoms with van der Waals surface area (Å²) in [7, 11) is 0. The summed E-state index contributed by atoms with van der Waals surface area (Å²) in [6, 6.07) is 21.8. The Morgan fingerprint density at radius 1 is 0.647 bits per heavy atom. The van der Waals surface area contributed by atoms with Crippen molar-refractivity contribution in [3.05, 3.63) is 71.8 Å². The molecule has 4 aliphatic rings. The molecule has 34 heavy (non-hydrogen) atoms. The van der Waals surface area contributed by atoms with Gasteiger partial charge >= 0.3 is 20.4 Å². The number of halogens is 2. The number of benzene rings is 2. The summed E-state index contributed by atoms with van der Waals surface area (Å²) in [5, 5.41) is 0. The van der Waals surface area contributed by atoms with E-state index in [-0.39, 0.29) is 77.7 Å². The second-order valence-corrected chi connectivity index (χ2v) is 9.67. The number of nitrogens with zero attached hydrogens (tertiary/aromatic N) is 2. The van der Waals surface area contributed by atoms with Crippen molar-refractivity contribution in [2.45, 2.75) is 81.1 Å². The molecule has 6 rings (SSSR count). The van der Waals surface area contributed by atoms with Crippen molar-refractivity contribution in [3.8, 4) is 0 Å². The predicted octanol–water partition coefficient (Wildman–Crippen LogP) is -0.693. The third-order valence-electron chi connectivity index (χ3n) is 7.70. The van der Waals surface area contributed by atoms with Crippen LogP contribution in [0, 0.1) is 0 Å². The van der Waals surface area contributed by atoms with E-state index < -0.39 is 0 Å². The minimum absolute atomic E-state index is 0. The summed E-state index contributed by atoms with van der Waals surface area (Å²) in [5.74, 6) is 1.66.